The Bertz CT molecular complexity index is 1330. The number of carbonyl (C=O) groups excluding carboxylic acids is 1. The molecule has 2 amide bonds. The zero-order valence-electron chi connectivity index (χ0n) is 20.8. The van der Waals surface area contributed by atoms with Gasteiger partial charge in [-0.3, -0.25) is 9.89 Å². The van der Waals surface area contributed by atoms with Crippen molar-refractivity contribution in [3.63, 3.8) is 0 Å². The van der Waals surface area contributed by atoms with Crippen LogP contribution < -0.4 is 15.6 Å². The van der Waals surface area contributed by atoms with Crippen LogP contribution in [0.15, 0.2) is 58.3 Å². The number of anilines is 1. The van der Waals surface area contributed by atoms with E-state index in [-0.39, 0.29) is 5.56 Å². The summed E-state index contributed by atoms with van der Waals surface area (Å²) in [5.74, 6) is 3.39. The number of aromatic amines is 1. The van der Waals surface area contributed by atoms with Gasteiger partial charge >= 0.3 is 6.03 Å². The van der Waals surface area contributed by atoms with E-state index in [1.165, 1.54) is 55.0 Å². The first-order valence-electron chi connectivity index (χ1n) is 12.8. The lowest BCUT2D eigenvalue weighted by Gasteiger charge is -2.57. The van der Waals surface area contributed by atoms with Gasteiger partial charge < -0.3 is 10.1 Å². The number of hydrogen-bond donors (Lipinski definition) is 2. The third kappa shape index (κ3) is 4.06. The van der Waals surface area contributed by atoms with Crippen LogP contribution in [0.2, 0.25) is 0 Å². The minimum absolute atomic E-state index is 0.226. The maximum atomic E-state index is 13.1. The third-order valence-electron chi connectivity index (χ3n) is 8.55. The van der Waals surface area contributed by atoms with Crippen LogP contribution in [-0.4, -0.2) is 29.1 Å². The van der Waals surface area contributed by atoms with E-state index >= 15 is 0 Å². The first-order chi connectivity index (χ1) is 17.4. The number of carbonyl (C=O) groups is 1. The molecular formula is C29H32N4O3. The number of H-pyrrole nitrogens is 1. The molecule has 4 saturated carbocycles. The molecule has 1 aromatic heterocycles. The number of nitrogens with zero attached hydrogens (tertiary/aromatic N) is 2. The van der Waals surface area contributed by atoms with E-state index in [0.717, 1.165) is 23.4 Å². The smallest absolute Gasteiger partial charge is 0.345 e. The van der Waals surface area contributed by atoms with Crippen LogP contribution in [0.4, 0.5) is 10.5 Å². The molecular weight excluding hydrogens is 452 g/mol. The summed E-state index contributed by atoms with van der Waals surface area (Å²) in [5, 5.41) is 5.83. The molecule has 0 aliphatic heterocycles. The number of aliphatic imine (C=N–C) groups is 1. The Labute approximate surface area is 210 Å². The summed E-state index contributed by atoms with van der Waals surface area (Å²) in [6, 6.07) is 15.0. The number of aryl methyl sites for hydroxylation is 1. The van der Waals surface area contributed by atoms with E-state index in [4.69, 9.17) is 4.74 Å². The number of benzene rings is 2. The topological polar surface area (TPSA) is 88.5 Å². The van der Waals surface area contributed by atoms with Gasteiger partial charge in [-0.15, -0.1) is 0 Å². The summed E-state index contributed by atoms with van der Waals surface area (Å²) in [4.78, 5) is 29.4. The number of hydrogen-bond acceptors (Lipinski definition) is 3. The molecule has 0 radical (unpaired) electrons. The van der Waals surface area contributed by atoms with Crippen molar-refractivity contribution < 1.29 is 9.53 Å². The number of nitrogens with one attached hydrogen (secondary N) is 2. The van der Waals surface area contributed by atoms with Crippen molar-refractivity contribution in [3.8, 4) is 11.4 Å². The van der Waals surface area contributed by atoms with Gasteiger partial charge in [-0.25, -0.2) is 14.5 Å². The number of urea groups is 1. The van der Waals surface area contributed by atoms with E-state index in [9.17, 15) is 9.59 Å². The number of aromatic nitrogens is 2. The summed E-state index contributed by atoms with van der Waals surface area (Å²) < 4.78 is 6.65. The van der Waals surface area contributed by atoms with Crippen LogP contribution in [-0.2, 0) is 5.41 Å². The van der Waals surface area contributed by atoms with Gasteiger partial charge in [0, 0.05) is 17.6 Å². The molecule has 4 fully saturated rings. The molecule has 4 aliphatic rings. The van der Waals surface area contributed by atoms with Crippen molar-refractivity contribution in [3.05, 3.63) is 75.7 Å². The average molecular weight is 485 g/mol. The van der Waals surface area contributed by atoms with Crippen LogP contribution in [0.1, 0.15) is 55.3 Å². The lowest BCUT2D eigenvalue weighted by atomic mass is 9.48. The summed E-state index contributed by atoms with van der Waals surface area (Å²) >= 11 is 0. The molecule has 0 atom stereocenters. The Morgan fingerprint density at radius 3 is 2.22 bits per heavy atom. The van der Waals surface area contributed by atoms with Crippen molar-refractivity contribution in [1.82, 2.24) is 9.78 Å². The molecule has 7 rings (SSSR count). The SMILES string of the molecule is COc1ccc(NC(=O)N=Cc2c(C)[nH]n(-c3ccc(C45CC6CC(CC(C6)C4)C5)cc3)c2=O)cc1. The number of ether oxygens (including phenoxy) is 1. The third-order valence-corrected chi connectivity index (χ3v) is 8.55. The highest BCUT2D eigenvalue weighted by atomic mass is 16.5. The van der Waals surface area contributed by atoms with Gasteiger partial charge in [-0.05, 0) is 111 Å². The average Bonchev–Trinajstić information content (AvgIpc) is 3.15. The maximum Gasteiger partial charge on any atom is 0.345 e. The van der Waals surface area contributed by atoms with Crippen LogP contribution in [0.3, 0.4) is 0 Å². The fourth-order valence-electron chi connectivity index (χ4n) is 7.27. The molecule has 36 heavy (non-hydrogen) atoms. The van der Waals surface area contributed by atoms with Crippen molar-refractivity contribution in [1.29, 1.82) is 0 Å². The van der Waals surface area contributed by atoms with Gasteiger partial charge in [-0.2, -0.15) is 0 Å². The summed E-state index contributed by atoms with van der Waals surface area (Å²) in [6.07, 6.45) is 9.56. The first-order valence-corrected chi connectivity index (χ1v) is 12.8. The quantitative estimate of drug-likeness (QED) is 0.462. The fraction of sp³-hybridized carbons (Fsp3) is 0.414. The molecule has 7 heteroatoms. The number of methoxy groups -OCH3 is 1. The second-order valence-electron chi connectivity index (χ2n) is 11.0. The first kappa shape index (κ1) is 22.8. The molecule has 2 aromatic carbocycles. The monoisotopic (exact) mass is 484 g/mol. The Morgan fingerprint density at radius 1 is 1.03 bits per heavy atom. The predicted octanol–water partition coefficient (Wildman–Crippen LogP) is 5.60. The highest BCUT2D eigenvalue weighted by Crippen LogP contribution is 2.60. The number of amides is 2. The molecule has 4 aliphatic carbocycles. The second kappa shape index (κ2) is 8.80. The zero-order valence-corrected chi connectivity index (χ0v) is 20.8. The fourth-order valence-corrected chi connectivity index (χ4v) is 7.27. The number of rotatable bonds is 5. The molecule has 2 N–H and O–H groups in total. The molecule has 1 heterocycles. The lowest BCUT2D eigenvalue weighted by molar-refractivity contribution is -0.00518. The molecule has 7 nitrogen and oxygen atoms in total. The molecule has 0 unspecified atom stereocenters. The Hall–Kier alpha value is -3.61. The van der Waals surface area contributed by atoms with Gasteiger partial charge in [0.15, 0.2) is 0 Å². The predicted molar refractivity (Wildman–Crippen MR) is 141 cm³/mol. The van der Waals surface area contributed by atoms with Gasteiger partial charge in [0.2, 0.25) is 0 Å². The van der Waals surface area contributed by atoms with E-state index in [1.807, 2.05) is 19.1 Å². The van der Waals surface area contributed by atoms with E-state index in [2.05, 4.69) is 27.5 Å². The normalized spacial score (nSPS) is 26.4. The summed E-state index contributed by atoms with van der Waals surface area (Å²) in [7, 11) is 1.58. The van der Waals surface area contributed by atoms with Gasteiger partial charge in [-0.1, -0.05) is 12.1 Å². The summed E-state index contributed by atoms with van der Waals surface area (Å²) in [6.45, 7) is 1.81. The minimum Gasteiger partial charge on any atom is -0.497 e. The largest absolute Gasteiger partial charge is 0.497 e. The lowest BCUT2D eigenvalue weighted by Crippen LogP contribution is -2.48. The maximum absolute atomic E-state index is 13.1. The summed E-state index contributed by atoms with van der Waals surface area (Å²) in [5.41, 5.74) is 3.95. The van der Waals surface area contributed by atoms with Crippen LogP contribution in [0.5, 0.6) is 5.75 Å². The Balaban J connectivity index is 1.19. The molecule has 4 bridgehead atoms. The second-order valence-corrected chi connectivity index (χ2v) is 11.0. The molecule has 0 spiro atoms. The van der Waals surface area contributed by atoms with E-state index in [0.29, 0.717) is 28.1 Å². The van der Waals surface area contributed by atoms with Crippen molar-refractivity contribution in [2.45, 2.75) is 50.9 Å². The zero-order chi connectivity index (χ0) is 24.9. The van der Waals surface area contributed by atoms with Crippen molar-refractivity contribution in [2.75, 3.05) is 12.4 Å². The highest BCUT2D eigenvalue weighted by Gasteiger charge is 2.51. The minimum atomic E-state index is -0.549. The van der Waals surface area contributed by atoms with Gasteiger partial charge in [0.1, 0.15) is 5.75 Å². The van der Waals surface area contributed by atoms with Crippen molar-refractivity contribution in [2.24, 2.45) is 22.7 Å². The van der Waals surface area contributed by atoms with E-state index in [1.54, 1.807) is 31.4 Å². The van der Waals surface area contributed by atoms with Crippen LogP contribution in [0, 0.1) is 24.7 Å². The van der Waals surface area contributed by atoms with Crippen LogP contribution >= 0.6 is 0 Å². The van der Waals surface area contributed by atoms with Gasteiger partial charge in [0.05, 0.1) is 18.4 Å². The molecule has 3 aromatic rings. The Kier molecular flexibility index (Phi) is 5.58. The molecule has 0 saturated heterocycles. The Morgan fingerprint density at radius 2 is 1.64 bits per heavy atom. The molecule has 186 valence electrons. The highest BCUT2D eigenvalue weighted by molar-refractivity contribution is 5.98. The van der Waals surface area contributed by atoms with Crippen molar-refractivity contribution >= 4 is 17.9 Å². The van der Waals surface area contributed by atoms with Gasteiger partial charge in [0.25, 0.3) is 5.56 Å². The van der Waals surface area contributed by atoms with E-state index < -0.39 is 6.03 Å². The standard InChI is InChI=1S/C29H32N4O3/c1-18-26(17-30-28(35)31-23-5-9-25(36-2)10-6-23)27(34)33(32-18)24-7-3-22(4-8-24)29-14-19-11-20(15-29)13-21(12-19)16-29/h3-10,17,19-21,32H,11-16H2,1-2H3,(H,31,35). The van der Waals surface area contributed by atoms with Crippen LogP contribution in [0.25, 0.3) is 5.69 Å².